The largest absolute Gasteiger partial charge is 0.468 e. The summed E-state index contributed by atoms with van der Waals surface area (Å²) in [6.07, 6.45) is 0. The van der Waals surface area contributed by atoms with Gasteiger partial charge in [0.2, 0.25) is 0 Å². The van der Waals surface area contributed by atoms with Crippen molar-refractivity contribution in [1.82, 2.24) is 0 Å². The molecule has 92 heavy (non-hydrogen) atoms. The van der Waals surface area contributed by atoms with Crippen molar-refractivity contribution >= 4 is 85.5 Å². The Kier molecular flexibility index (Phi) is 12.6. The van der Waals surface area contributed by atoms with Crippen LogP contribution in [0.25, 0.3) is 44.3 Å². The van der Waals surface area contributed by atoms with Gasteiger partial charge in [0.15, 0.2) is 0 Å². The monoisotopic (exact) mass is 1190 g/mol. The summed E-state index contributed by atoms with van der Waals surface area (Å²) in [7, 11) is 0. The van der Waals surface area contributed by atoms with Gasteiger partial charge in [0, 0.05) is 50.8 Å². The van der Waals surface area contributed by atoms with E-state index in [0.29, 0.717) is 0 Å². The molecule has 5 heteroatoms. The first-order valence-electron chi connectivity index (χ1n) is 33.1. The number of benzene rings is 11. The third-order valence-corrected chi connectivity index (χ3v) is 20.6. The maximum atomic E-state index is 7.64. The minimum absolute atomic E-state index is 0.00793. The van der Waals surface area contributed by atoms with Gasteiger partial charge in [-0.1, -0.05) is 228 Å². The van der Waals surface area contributed by atoms with Crippen LogP contribution in [0.5, 0.6) is 0 Å². The number of fused-ring (bicyclic) bond motifs is 16. The zero-order valence-corrected chi connectivity index (χ0v) is 55.8. The van der Waals surface area contributed by atoms with Crippen LogP contribution >= 0.6 is 0 Å². The maximum Gasteiger partial charge on any atom is 0.297 e. The van der Waals surface area contributed by atoms with Crippen molar-refractivity contribution in [2.75, 3.05) is 14.7 Å². The molecule has 4 nitrogen and oxygen atoms in total. The van der Waals surface area contributed by atoms with Gasteiger partial charge in [-0.3, -0.25) is 0 Å². The Hall–Kier alpha value is -9.58. The van der Waals surface area contributed by atoms with E-state index in [4.69, 9.17) is 4.42 Å². The predicted molar refractivity (Wildman–Crippen MR) is 391 cm³/mol. The van der Waals surface area contributed by atoms with Gasteiger partial charge in [0.05, 0.1) is 22.4 Å². The molecule has 0 saturated heterocycles. The standard InChI is InChI=1S/C87H80BN3O/c1-53-28-44-75(67(46-53)55-22-16-15-17-23-55)91-76-52-73-68(51-74(76)88-80-77(47-54(2)48-78(80)91)90(62-40-33-58(34-41-62)85(9,10)11)81-69-49-59(86(12,13)14)35-45-79(69)92-82(81)88)65-25-19-21-27-71(65)87(73)70-26-20-18-24-64(70)66-43-42-63(50-72(66)87)89(60-36-29-56(30-37-60)83(3,4)5)61-38-31-57(32-39-61)84(6,7)8/h15-52H,1-14H3. The lowest BCUT2D eigenvalue weighted by atomic mass is 9.35. The van der Waals surface area contributed by atoms with Gasteiger partial charge < -0.3 is 19.1 Å². The summed E-state index contributed by atoms with van der Waals surface area (Å²) in [4.78, 5) is 7.67. The Bertz CT molecular complexity index is 4930. The highest BCUT2D eigenvalue weighted by Crippen LogP contribution is 2.65. The second-order valence-corrected chi connectivity index (χ2v) is 30.7. The van der Waals surface area contributed by atoms with E-state index in [2.05, 4.69) is 342 Å². The first-order valence-corrected chi connectivity index (χ1v) is 33.1. The first-order chi connectivity index (χ1) is 44.0. The van der Waals surface area contributed by atoms with Gasteiger partial charge >= 0.3 is 0 Å². The lowest BCUT2D eigenvalue weighted by molar-refractivity contribution is 0.590. The molecule has 1 spiro atoms. The molecule has 0 fully saturated rings. The van der Waals surface area contributed by atoms with Crippen LogP contribution in [0.3, 0.4) is 0 Å². The van der Waals surface area contributed by atoms with E-state index < -0.39 is 5.41 Å². The third-order valence-electron chi connectivity index (χ3n) is 20.6. The molecule has 0 bridgehead atoms. The van der Waals surface area contributed by atoms with Crippen LogP contribution < -0.4 is 31.3 Å². The minimum atomic E-state index is -0.698. The Morgan fingerprint density at radius 1 is 0.370 bits per heavy atom. The van der Waals surface area contributed by atoms with E-state index in [9.17, 15) is 0 Å². The molecule has 4 aliphatic rings. The fraction of sp³-hybridized carbons (Fsp3) is 0.218. The summed E-state index contributed by atoms with van der Waals surface area (Å²) in [6, 6.07) is 89.0. The van der Waals surface area contributed by atoms with Crippen LogP contribution in [0.4, 0.5) is 51.2 Å². The lowest BCUT2D eigenvalue weighted by Crippen LogP contribution is -2.61. The van der Waals surface area contributed by atoms with E-state index in [1.165, 1.54) is 106 Å². The summed E-state index contributed by atoms with van der Waals surface area (Å²) >= 11 is 0. The molecule has 16 rings (SSSR count). The van der Waals surface area contributed by atoms with Crippen molar-refractivity contribution in [2.45, 2.75) is 124 Å². The minimum Gasteiger partial charge on any atom is -0.468 e. The third kappa shape index (κ3) is 8.70. The van der Waals surface area contributed by atoms with Gasteiger partial charge in [-0.25, -0.2) is 0 Å². The molecule has 11 aromatic carbocycles. The number of rotatable bonds is 6. The van der Waals surface area contributed by atoms with E-state index in [1.54, 1.807) is 0 Å². The second-order valence-electron chi connectivity index (χ2n) is 30.7. The van der Waals surface area contributed by atoms with Crippen molar-refractivity contribution < 1.29 is 4.42 Å². The Labute approximate surface area is 544 Å². The fourth-order valence-corrected chi connectivity index (χ4v) is 15.8. The van der Waals surface area contributed by atoms with Crippen molar-refractivity contribution in [3.05, 3.63) is 286 Å². The van der Waals surface area contributed by atoms with Gasteiger partial charge in [-0.2, -0.15) is 0 Å². The molecule has 12 aromatic rings. The van der Waals surface area contributed by atoms with Crippen LogP contribution in [0.2, 0.25) is 0 Å². The van der Waals surface area contributed by atoms with Crippen LogP contribution in [0.15, 0.2) is 235 Å². The van der Waals surface area contributed by atoms with E-state index >= 15 is 0 Å². The second kappa shape index (κ2) is 20.2. The highest BCUT2D eigenvalue weighted by molar-refractivity contribution is 7.00. The molecule has 0 saturated carbocycles. The van der Waals surface area contributed by atoms with Crippen LogP contribution in [0.1, 0.15) is 139 Å². The van der Waals surface area contributed by atoms with Gasteiger partial charge in [0.1, 0.15) is 5.58 Å². The SMILES string of the molecule is Cc1ccc(N2c3cc4c(cc3B3c5oc6ccc(C(C)(C)C)cc6c5N(c5ccc(C(C)(C)C)cc5)c5cc(C)cc2c53)-c2ccccc2C42c3ccccc3-c3ccc(N(c4ccc(C(C)(C)C)cc4)c4ccc(C(C)(C)C)cc4)cc32)c(-c2ccccc2)c1. The molecule has 2 aliphatic carbocycles. The maximum absolute atomic E-state index is 7.64. The number of hydrogen-bond donors (Lipinski definition) is 0. The van der Waals surface area contributed by atoms with E-state index in [-0.39, 0.29) is 28.4 Å². The lowest BCUT2D eigenvalue weighted by Gasteiger charge is -2.44. The summed E-state index contributed by atoms with van der Waals surface area (Å²) < 4.78 is 7.64. The molecule has 452 valence electrons. The average Bonchev–Trinajstić information content (AvgIpc) is 1.46. The zero-order chi connectivity index (χ0) is 63.7. The highest BCUT2D eigenvalue weighted by Gasteiger charge is 2.55. The Balaban J connectivity index is 1.00. The first kappa shape index (κ1) is 57.6. The number of nitrogens with zero attached hydrogens (tertiary/aromatic N) is 3. The predicted octanol–water partition coefficient (Wildman–Crippen LogP) is 21.8. The summed E-state index contributed by atoms with van der Waals surface area (Å²) in [5.41, 5.74) is 33.8. The smallest absolute Gasteiger partial charge is 0.297 e. The summed E-state index contributed by atoms with van der Waals surface area (Å²) in [5, 5.41) is 1.12. The van der Waals surface area contributed by atoms with Gasteiger partial charge in [0.25, 0.3) is 6.71 Å². The number of furan rings is 1. The molecular weight excluding hydrogens is 1110 g/mol. The summed E-state index contributed by atoms with van der Waals surface area (Å²) in [6.45, 7) is 31.9. The van der Waals surface area contributed by atoms with Gasteiger partial charge in [-0.05, 0) is 215 Å². The molecule has 0 radical (unpaired) electrons. The molecule has 0 N–H and O–H groups in total. The summed E-state index contributed by atoms with van der Waals surface area (Å²) in [5.74, 6) is 0. The molecule has 3 heterocycles. The molecule has 1 unspecified atom stereocenters. The molecule has 1 aromatic heterocycles. The van der Waals surface area contributed by atoms with Crippen molar-refractivity contribution in [3.8, 4) is 33.4 Å². The van der Waals surface area contributed by atoms with Crippen molar-refractivity contribution in [1.29, 1.82) is 0 Å². The molecular formula is C87H80BN3O. The average molecular weight is 1190 g/mol. The number of aryl methyl sites for hydroxylation is 2. The fourth-order valence-electron chi connectivity index (χ4n) is 15.8. The van der Waals surface area contributed by atoms with Gasteiger partial charge in [-0.15, -0.1) is 0 Å². The van der Waals surface area contributed by atoms with E-state index in [0.717, 1.165) is 62.1 Å². The van der Waals surface area contributed by atoms with Crippen LogP contribution in [-0.4, -0.2) is 6.71 Å². The van der Waals surface area contributed by atoms with Crippen LogP contribution in [-0.2, 0) is 27.1 Å². The normalized spacial score (nSPS) is 15.3. The number of anilines is 9. The topological polar surface area (TPSA) is 22.9 Å². The highest BCUT2D eigenvalue weighted by atomic mass is 16.3. The number of hydrogen-bond acceptors (Lipinski definition) is 4. The molecule has 0 amide bonds. The van der Waals surface area contributed by atoms with Crippen LogP contribution in [0, 0.1) is 13.8 Å². The van der Waals surface area contributed by atoms with E-state index in [1.807, 2.05) is 0 Å². The zero-order valence-electron chi connectivity index (χ0n) is 55.8. The van der Waals surface area contributed by atoms with Crippen molar-refractivity contribution in [2.24, 2.45) is 0 Å². The Morgan fingerprint density at radius 3 is 1.48 bits per heavy atom. The quantitative estimate of drug-likeness (QED) is 0.155. The molecule has 1 atom stereocenters. The Morgan fingerprint density at radius 2 is 0.880 bits per heavy atom. The van der Waals surface area contributed by atoms with Crippen molar-refractivity contribution in [3.63, 3.8) is 0 Å². The molecule has 2 aliphatic heterocycles.